The molecule has 1 aromatic heterocycles. The predicted molar refractivity (Wildman–Crippen MR) is 94.4 cm³/mol. The van der Waals surface area contributed by atoms with E-state index in [1.165, 1.54) is 5.56 Å². The molecule has 2 amide bonds. The van der Waals surface area contributed by atoms with Gasteiger partial charge in [-0.3, -0.25) is 19.8 Å². The van der Waals surface area contributed by atoms with Gasteiger partial charge in [0.2, 0.25) is 5.91 Å². The van der Waals surface area contributed by atoms with Crippen LogP contribution >= 0.6 is 0 Å². The van der Waals surface area contributed by atoms with E-state index in [2.05, 4.69) is 4.98 Å². The molecule has 26 heavy (non-hydrogen) atoms. The zero-order valence-corrected chi connectivity index (χ0v) is 14.4. The van der Waals surface area contributed by atoms with Crippen molar-refractivity contribution < 1.29 is 14.8 Å². The molecular formula is C20H21N3O3. The highest BCUT2D eigenvalue weighted by molar-refractivity contribution is 5.93. The molecule has 6 heteroatoms. The molecule has 2 N–H and O–H groups in total. The smallest absolute Gasteiger partial charge is 0.274 e. The molecule has 134 valence electrons. The van der Waals surface area contributed by atoms with Crippen LogP contribution < -0.4 is 5.48 Å². The first-order valence-electron chi connectivity index (χ1n) is 8.86. The molecule has 0 saturated carbocycles. The fraction of sp³-hybridized carbons (Fsp3) is 0.350. The van der Waals surface area contributed by atoms with Crippen molar-refractivity contribution in [2.24, 2.45) is 5.41 Å². The molecule has 1 aromatic carbocycles. The van der Waals surface area contributed by atoms with Crippen LogP contribution in [0.5, 0.6) is 0 Å². The van der Waals surface area contributed by atoms with Crippen LogP contribution in [0.4, 0.5) is 0 Å². The number of nitrogens with one attached hydrogen (secondary N) is 1. The lowest BCUT2D eigenvalue weighted by atomic mass is 9.70. The number of nitrogens with zero attached hydrogens (tertiary/aromatic N) is 2. The molecule has 1 aliphatic heterocycles. The average molecular weight is 351 g/mol. The summed E-state index contributed by atoms with van der Waals surface area (Å²) in [4.78, 5) is 30.9. The number of amides is 2. The Morgan fingerprint density at radius 1 is 1.27 bits per heavy atom. The molecule has 2 aromatic rings. The normalized spacial score (nSPS) is 21.7. The summed E-state index contributed by atoms with van der Waals surface area (Å²) < 4.78 is 0. The summed E-state index contributed by atoms with van der Waals surface area (Å²) in [5, 5.41) is 8.85. The fourth-order valence-electron chi connectivity index (χ4n) is 4.22. The van der Waals surface area contributed by atoms with Gasteiger partial charge in [-0.2, -0.15) is 0 Å². The molecule has 1 aliphatic carbocycles. The first-order valence-corrected chi connectivity index (χ1v) is 8.86. The van der Waals surface area contributed by atoms with Gasteiger partial charge in [0, 0.05) is 31.0 Å². The highest BCUT2D eigenvalue weighted by Gasteiger charge is 2.48. The second kappa shape index (κ2) is 6.53. The number of aromatic nitrogens is 1. The Hall–Kier alpha value is -2.73. The van der Waals surface area contributed by atoms with Gasteiger partial charge >= 0.3 is 0 Å². The molecule has 0 unspecified atom stereocenters. The van der Waals surface area contributed by atoms with Gasteiger partial charge in [-0.1, -0.05) is 12.1 Å². The zero-order chi connectivity index (χ0) is 18.1. The van der Waals surface area contributed by atoms with Gasteiger partial charge in [0.15, 0.2) is 0 Å². The number of likely N-dealkylation sites (tertiary alicyclic amines) is 1. The number of pyridine rings is 1. The van der Waals surface area contributed by atoms with Crippen LogP contribution in [0.2, 0.25) is 0 Å². The Kier molecular flexibility index (Phi) is 4.20. The second-order valence-corrected chi connectivity index (χ2v) is 7.22. The lowest BCUT2D eigenvalue weighted by molar-refractivity contribution is -0.137. The first kappa shape index (κ1) is 16.7. The molecule has 1 spiro atoms. The van der Waals surface area contributed by atoms with Gasteiger partial charge in [-0.15, -0.1) is 0 Å². The summed E-state index contributed by atoms with van der Waals surface area (Å²) in [6, 6.07) is 9.32. The van der Waals surface area contributed by atoms with Gasteiger partial charge in [0.1, 0.15) is 0 Å². The third-order valence-corrected chi connectivity index (χ3v) is 5.67. The SMILES string of the molecule is O=C(NO)c1ccc2c(c1)C[C@]1(CC2)CCN(Cc2cccnc2)C1=O. The molecule has 6 nitrogen and oxygen atoms in total. The van der Waals surface area contributed by atoms with Gasteiger partial charge in [-0.25, -0.2) is 5.48 Å². The van der Waals surface area contributed by atoms with Gasteiger partial charge < -0.3 is 4.90 Å². The van der Waals surface area contributed by atoms with E-state index in [-0.39, 0.29) is 11.3 Å². The Morgan fingerprint density at radius 2 is 2.15 bits per heavy atom. The van der Waals surface area contributed by atoms with Gasteiger partial charge in [0.25, 0.3) is 5.91 Å². The van der Waals surface area contributed by atoms with Crippen LogP contribution in [0.15, 0.2) is 42.7 Å². The van der Waals surface area contributed by atoms with E-state index in [0.29, 0.717) is 18.5 Å². The highest BCUT2D eigenvalue weighted by Crippen LogP contribution is 2.44. The van der Waals surface area contributed by atoms with E-state index in [0.717, 1.165) is 36.9 Å². The molecule has 2 aliphatic rings. The van der Waals surface area contributed by atoms with Gasteiger partial charge in [-0.05, 0) is 60.6 Å². The van der Waals surface area contributed by atoms with E-state index < -0.39 is 5.91 Å². The minimum Gasteiger partial charge on any atom is -0.338 e. The summed E-state index contributed by atoms with van der Waals surface area (Å²) in [5.74, 6) is -0.326. The van der Waals surface area contributed by atoms with Crippen molar-refractivity contribution in [3.63, 3.8) is 0 Å². The quantitative estimate of drug-likeness (QED) is 0.655. The highest BCUT2D eigenvalue weighted by atomic mass is 16.5. The predicted octanol–water partition coefficient (Wildman–Crippen LogP) is 2.11. The van der Waals surface area contributed by atoms with Crippen molar-refractivity contribution >= 4 is 11.8 Å². The zero-order valence-electron chi connectivity index (χ0n) is 14.4. The number of hydrogen-bond acceptors (Lipinski definition) is 4. The van der Waals surface area contributed by atoms with E-state index in [1.54, 1.807) is 30.0 Å². The van der Waals surface area contributed by atoms with Crippen LogP contribution in [-0.4, -0.2) is 33.5 Å². The third-order valence-electron chi connectivity index (χ3n) is 5.67. The maximum atomic E-state index is 13.2. The number of carbonyl (C=O) groups excluding carboxylic acids is 2. The number of fused-ring (bicyclic) bond motifs is 1. The maximum Gasteiger partial charge on any atom is 0.274 e. The van der Waals surface area contributed by atoms with E-state index in [4.69, 9.17) is 5.21 Å². The second-order valence-electron chi connectivity index (χ2n) is 7.22. The summed E-state index contributed by atoms with van der Waals surface area (Å²) in [7, 11) is 0. The van der Waals surface area contributed by atoms with E-state index >= 15 is 0 Å². The summed E-state index contributed by atoms with van der Waals surface area (Å²) in [6.07, 6.45) is 6.69. The first-order chi connectivity index (χ1) is 12.6. The van der Waals surface area contributed by atoms with Gasteiger partial charge in [0.05, 0.1) is 5.41 Å². The standard InChI is InChI=1S/C20H21N3O3/c24-18(22-26)16-4-3-15-5-6-20(11-17(15)10-16)7-9-23(19(20)25)13-14-2-1-8-21-12-14/h1-4,8,10,12,26H,5-7,9,11,13H2,(H,22,24)/t20-/m0/s1. The van der Waals surface area contributed by atoms with Crippen molar-refractivity contribution in [1.82, 2.24) is 15.4 Å². The number of rotatable bonds is 3. The third kappa shape index (κ3) is 2.86. The molecule has 0 bridgehead atoms. The lowest BCUT2D eigenvalue weighted by Gasteiger charge is -2.33. The Bertz CT molecular complexity index is 853. The lowest BCUT2D eigenvalue weighted by Crippen LogP contribution is -2.38. The number of hydroxylamine groups is 1. The molecule has 4 rings (SSSR count). The van der Waals surface area contributed by atoms with E-state index in [9.17, 15) is 9.59 Å². The Balaban J connectivity index is 1.55. The number of hydrogen-bond donors (Lipinski definition) is 2. The Morgan fingerprint density at radius 3 is 2.92 bits per heavy atom. The van der Waals surface area contributed by atoms with Crippen LogP contribution in [0.3, 0.4) is 0 Å². The molecule has 1 atom stereocenters. The molecule has 1 saturated heterocycles. The monoisotopic (exact) mass is 351 g/mol. The number of aryl methyl sites for hydroxylation is 1. The summed E-state index contributed by atoms with van der Waals surface area (Å²) >= 11 is 0. The average Bonchev–Trinajstić information content (AvgIpc) is 2.97. The van der Waals surface area contributed by atoms with Crippen molar-refractivity contribution in [2.75, 3.05) is 6.54 Å². The van der Waals surface area contributed by atoms with Crippen LogP contribution in [0.1, 0.15) is 39.9 Å². The minimum atomic E-state index is -0.525. The Labute approximate surface area is 151 Å². The number of carbonyl (C=O) groups is 2. The number of benzene rings is 1. The maximum absolute atomic E-state index is 13.2. The fourth-order valence-corrected chi connectivity index (χ4v) is 4.22. The van der Waals surface area contributed by atoms with Crippen LogP contribution in [0.25, 0.3) is 0 Å². The van der Waals surface area contributed by atoms with Crippen molar-refractivity contribution in [3.05, 3.63) is 65.0 Å². The summed E-state index contributed by atoms with van der Waals surface area (Å²) in [6.45, 7) is 1.34. The topological polar surface area (TPSA) is 82.5 Å². The molecule has 0 radical (unpaired) electrons. The van der Waals surface area contributed by atoms with Crippen molar-refractivity contribution in [3.8, 4) is 0 Å². The largest absolute Gasteiger partial charge is 0.338 e. The van der Waals surface area contributed by atoms with Crippen molar-refractivity contribution in [1.29, 1.82) is 0 Å². The van der Waals surface area contributed by atoms with Crippen LogP contribution in [0, 0.1) is 5.41 Å². The molecule has 2 heterocycles. The van der Waals surface area contributed by atoms with Crippen molar-refractivity contribution in [2.45, 2.75) is 32.2 Å². The summed E-state index contributed by atoms with van der Waals surface area (Å²) in [5.41, 5.74) is 4.98. The minimum absolute atomic E-state index is 0.198. The molecule has 1 fully saturated rings. The van der Waals surface area contributed by atoms with E-state index in [1.807, 2.05) is 23.1 Å². The van der Waals surface area contributed by atoms with Crippen LogP contribution in [-0.2, 0) is 24.2 Å². The molecular weight excluding hydrogens is 330 g/mol.